The van der Waals surface area contributed by atoms with Crippen molar-refractivity contribution in [3.05, 3.63) is 81.2 Å². The highest BCUT2D eigenvalue weighted by molar-refractivity contribution is 7.99. The number of H-pyrrole nitrogens is 1. The Labute approximate surface area is 142 Å². The van der Waals surface area contributed by atoms with E-state index in [-0.39, 0.29) is 5.56 Å². The van der Waals surface area contributed by atoms with E-state index in [2.05, 4.69) is 10.2 Å². The van der Waals surface area contributed by atoms with Gasteiger partial charge in [0.15, 0.2) is 0 Å². The summed E-state index contributed by atoms with van der Waals surface area (Å²) >= 11 is 7.59. The topological polar surface area (TPSA) is 71.8 Å². The molecule has 0 spiro atoms. The van der Waals surface area contributed by atoms with E-state index in [0.29, 0.717) is 17.1 Å². The second kappa shape index (κ2) is 6.89. The largest absolute Gasteiger partial charge is 0.398 e. The lowest BCUT2D eigenvalue weighted by Crippen LogP contribution is -2.07. The molecule has 1 heterocycles. The van der Waals surface area contributed by atoms with Crippen molar-refractivity contribution in [3.63, 3.8) is 0 Å². The fraction of sp³-hybridized carbons (Fsp3) is 0.0588. The molecule has 0 radical (unpaired) electrons. The molecule has 0 unspecified atom stereocenters. The molecule has 0 bridgehead atoms. The molecule has 0 saturated heterocycles. The Morgan fingerprint density at radius 1 is 1.13 bits per heavy atom. The summed E-state index contributed by atoms with van der Waals surface area (Å²) in [5, 5.41) is 7.17. The molecular weight excluding hydrogens is 330 g/mol. The number of benzene rings is 2. The number of nitrogens with one attached hydrogen (secondary N) is 1. The zero-order valence-electron chi connectivity index (χ0n) is 12.1. The molecule has 3 N–H and O–H groups in total. The van der Waals surface area contributed by atoms with E-state index in [1.54, 1.807) is 17.8 Å². The number of halogens is 1. The molecule has 0 amide bonds. The minimum atomic E-state index is -0.205. The van der Waals surface area contributed by atoms with Gasteiger partial charge in [0, 0.05) is 33.0 Å². The maximum Gasteiger partial charge on any atom is 0.264 e. The molecule has 0 aliphatic carbocycles. The highest BCUT2D eigenvalue weighted by atomic mass is 35.5. The van der Waals surface area contributed by atoms with E-state index in [1.165, 1.54) is 6.07 Å². The lowest BCUT2D eigenvalue weighted by atomic mass is 10.1. The van der Waals surface area contributed by atoms with Crippen LogP contribution in [0, 0.1) is 0 Å². The SMILES string of the molecule is Nc1ccc(Cc2ccc(=O)[nH]n2)cc1Sc1cccc(Cl)c1. The molecule has 23 heavy (non-hydrogen) atoms. The third-order valence-corrected chi connectivity index (χ3v) is 4.52. The Kier molecular flexibility index (Phi) is 4.69. The molecule has 6 heteroatoms. The number of rotatable bonds is 4. The van der Waals surface area contributed by atoms with Gasteiger partial charge >= 0.3 is 0 Å². The van der Waals surface area contributed by atoms with Crippen molar-refractivity contribution in [2.75, 3.05) is 5.73 Å². The normalized spacial score (nSPS) is 10.7. The molecule has 3 aromatic rings. The van der Waals surface area contributed by atoms with Crippen molar-refractivity contribution >= 4 is 29.1 Å². The standard InChI is InChI=1S/C17H14ClN3OS/c18-12-2-1-3-14(10-12)23-16-9-11(4-6-15(16)19)8-13-5-7-17(22)21-20-13/h1-7,9-10H,8,19H2,(H,21,22). The van der Waals surface area contributed by atoms with Crippen molar-refractivity contribution in [2.45, 2.75) is 16.2 Å². The Hall–Kier alpha value is -2.24. The van der Waals surface area contributed by atoms with Gasteiger partial charge in [-0.05, 0) is 42.0 Å². The molecule has 4 nitrogen and oxygen atoms in total. The van der Waals surface area contributed by atoms with Crippen LogP contribution >= 0.6 is 23.4 Å². The smallest absolute Gasteiger partial charge is 0.264 e. The van der Waals surface area contributed by atoms with Gasteiger partial charge in [-0.15, -0.1) is 0 Å². The first-order valence-electron chi connectivity index (χ1n) is 6.96. The highest BCUT2D eigenvalue weighted by Gasteiger charge is 2.06. The van der Waals surface area contributed by atoms with Gasteiger partial charge in [0.2, 0.25) is 0 Å². The summed E-state index contributed by atoms with van der Waals surface area (Å²) in [6.07, 6.45) is 0.625. The Bertz CT molecular complexity index is 875. The van der Waals surface area contributed by atoms with Crippen LogP contribution < -0.4 is 11.3 Å². The number of aromatic nitrogens is 2. The number of nitrogens with zero attached hydrogens (tertiary/aromatic N) is 1. The fourth-order valence-corrected chi connectivity index (χ4v) is 3.35. The summed E-state index contributed by atoms with van der Waals surface area (Å²) in [5.41, 5.74) is 8.45. The van der Waals surface area contributed by atoms with Crippen molar-refractivity contribution in [2.24, 2.45) is 0 Å². The van der Waals surface area contributed by atoms with Crippen LogP contribution in [0.15, 0.2) is 69.2 Å². The van der Waals surface area contributed by atoms with Crippen LogP contribution in [-0.4, -0.2) is 10.2 Å². The number of anilines is 1. The molecule has 0 saturated carbocycles. The molecule has 116 valence electrons. The molecular formula is C17H14ClN3OS. The predicted octanol–water partition coefficient (Wildman–Crippen LogP) is 3.75. The summed E-state index contributed by atoms with van der Waals surface area (Å²) < 4.78 is 0. The minimum absolute atomic E-state index is 0.205. The van der Waals surface area contributed by atoms with Crippen LogP contribution in [0.3, 0.4) is 0 Å². The number of nitrogen functional groups attached to an aromatic ring is 1. The molecule has 3 rings (SSSR count). The maximum absolute atomic E-state index is 11.1. The lowest BCUT2D eigenvalue weighted by molar-refractivity contribution is 0.909. The number of nitrogens with two attached hydrogens (primary N) is 1. The number of hydrogen-bond donors (Lipinski definition) is 2. The van der Waals surface area contributed by atoms with E-state index in [1.807, 2.05) is 42.5 Å². The van der Waals surface area contributed by atoms with E-state index >= 15 is 0 Å². The van der Waals surface area contributed by atoms with Crippen LogP contribution in [0.4, 0.5) is 5.69 Å². The summed E-state index contributed by atoms with van der Waals surface area (Å²) in [6, 6.07) is 16.7. The van der Waals surface area contributed by atoms with E-state index in [4.69, 9.17) is 17.3 Å². The first-order valence-corrected chi connectivity index (χ1v) is 8.16. The molecule has 1 aromatic heterocycles. The van der Waals surface area contributed by atoms with Gasteiger partial charge in [0.05, 0.1) is 5.69 Å². The Morgan fingerprint density at radius 2 is 2.00 bits per heavy atom. The number of hydrogen-bond acceptors (Lipinski definition) is 4. The maximum atomic E-state index is 11.1. The van der Waals surface area contributed by atoms with Gasteiger partial charge in [-0.3, -0.25) is 4.79 Å². The second-order valence-corrected chi connectivity index (χ2v) is 6.57. The first kappa shape index (κ1) is 15.6. The van der Waals surface area contributed by atoms with E-state index < -0.39 is 0 Å². The summed E-state index contributed by atoms with van der Waals surface area (Å²) in [4.78, 5) is 13.1. The molecule has 0 fully saturated rings. The third kappa shape index (κ3) is 4.15. The zero-order valence-corrected chi connectivity index (χ0v) is 13.7. The average Bonchev–Trinajstić information content (AvgIpc) is 2.53. The molecule has 2 aromatic carbocycles. The van der Waals surface area contributed by atoms with Gasteiger partial charge in [0.25, 0.3) is 5.56 Å². The summed E-state index contributed by atoms with van der Waals surface area (Å²) in [5.74, 6) is 0. The van der Waals surface area contributed by atoms with Gasteiger partial charge in [0.1, 0.15) is 0 Å². The van der Waals surface area contributed by atoms with Gasteiger partial charge in [-0.25, -0.2) is 5.10 Å². The van der Waals surface area contributed by atoms with Crippen LogP contribution in [0.5, 0.6) is 0 Å². The predicted molar refractivity (Wildman–Crippen MR) is 94.1 cm³/mol. The van der Waals surface area contributed by atoms with Crippen molar-refractivity contribution in [1.29, 1.82) is 0 Å². The lowest BCUT2D eigenvalue weighted by Gasteiger charge is -2.09. The van der Waals surface area contributed by atoms with Crippen molar-refractivity contribution < 1.29 is 0 Å². The van der Waals surface area contributed by atoms with Crippen LogP contribution in [0.1, 0.15) is 11.3 Å². The molecule has 0 aliphatic heterocycles. The summed E-state index contributed by atoms with van der Waals surface area (Å²) in [7, 11) is 0. The highest BCUT2D eigenvalue weighted by Crippen LogP contribution is 2.34. The number of aromatic amines is 1. The van der Waals surface area contributed by atoms with Crippen molar-refractivity contribution in [3.8, 4) is 0 Å². The quantitative estimate of drug-likeness (QED) is 0.708. The van der Waals surface area contributed by atoms with E-state index in [0.717, 1.165) is 21.0 Å². The average molecular weight is 344 g/mol. The van der Waals surface area contributed by atoms with Crippen molar-refractivity contribution in [1.82, 2.24) is 10.2 Å². The molecule has 0 atom stereocenters. The Morgan fingerprint density at radius 3 is 2.74 bits per heavy atom. The fourth-order valence-electron chi connectivity index (χ4n) is 2.12. The van der Waals surface area contributed by atoms with E-state index in [9.17, 15) is 4.79 Å². The minimum Gasteiger partial charge on any atom is -0.398 e. The Balaban J connectivity index is 1.84. The van der Waals surface area contributed by atoms with Crippen LogP contribution in [-0.2, 0) is 6.42 Å². The van der Waals surface area contributed by atoms with Gasteiger partial charge < -0.3 is 5.73 Å². The second-order valence-electron chi connectivity index (χ2n) is 5.02. The summed E-state index contributed by atoms with van der Waals surface area (Å²) in [6.45, 7) is 0. The molecule has 0 aliphatic rings. The monoisotopic (exact) mass is 343 g/mol. The van der Waals surface area contributed by atoms with Crippen LogP contribution in [0.25, 0.3) is 0 Å². The first-order chi connectivity index (χ1) is 11.1. The van der Waals surface area contributed by atoms with Crippen LogP contribution in [0.2, 0.25) is 5.02 Å². The third-order valence-electron chi connectivity index (χ3n) is 3.22. The van der Waals surface area contributed by atoms with Gasteiger partial charge in [-0.2, -0.15) is 5.10 Å². The van der Waals surface area contributed by atoms with Gasteiger partial charge in [-0.1, -0.05) is 35.5 Å². The zero-order chi connectivity index (χ0) is 16.2.